The van der Waals surface area contributed by atoms with E-state index in [1.807, 2.05) is 65.5 Å². The number of aromatic nitrogens is 4. The van der Waals surface area contributed by atoms with Crippen molar-refractivity contribution in [3.63, 3.8) is 0 Å². The molecular weight excluding hydrogens is 497 g/mol. The van der Waals surface area contributed by atoms with E-state index < -0.39 is 11.7 Å². The van der Waals surface area contributed by atoms with Crippen molar-refractivity contribution in [2.24, 2.45) is 0 Å². The molecule has 2 heterocycles. The molecule has 0 radical (unpaired) electrons. The molecule has 0 bridgehead atoms. The highest BCUT2D eigenvalue weighted by molar-refractivity contribution is 5.96. The molecule has 39 heavy (non-hydrogen) atoms. The van der Waals surface area contributed by atoms with E-state index in [2.05, 4.69) is 20.4 Å². The fourth-order valence-electron chi connectivity index (χ4n) is 4.10. The Morgan fingerprint density at radius 1 is 0.872 bits per heavy atom. The molecule has 0 fully saturated rings. The lowest BCUT2D eigenvalue weighted by atomic mass is 10.1. The van der Waals surface area contributed by atoms with E-state index in [9.17, 15) is 9.18 Å². The number of carbonyl (C=O) groups is 1. The number of halogens is 1. The van der Waals surface area contributed by atoms with Gasteiger partial charge < -0.3 is 14.8 Å². The van der Waals surface area contributed by atoms with Crippen molar-refractivity contribution in [3.05, 3.63) is 114 Å². The van der Waals surface area contributed by atoms with Crippen molar-refractivity contribution in [2.75, 3.05) is 14.2 Å². The largest absolute Gasteiger partial charge is 0.497 e. The predicted octanol–water partition coefficient (Wildman–Crippen LogP) is 5.14. The summed E-state index contributed by atoms with van der Waals surface area (Å²) in [4.78, 5) is 21.4. The number of nitrogens with one attached hydrogen (secondary N) is 1. The molecule has 196 valence electrons. The van der Waals surface area contributed by atoms with Crippen LogP contribution >= 0.6 is 0 Å². The molecule has 8 nitrogen and oxygen atoms in total. The van der Waals surface area contributed by atoms with Crippen LogP contribution in [0.4, 0.5) is 4.39 Å². The quantitative estimate of drug-likeness (QED) is 0.288. The molecule has 9 heteroatoms. The van der Waals surface area contributed by atoms with Gasteiger partial charge in [0.15, 0.2) is 0 Å². The molecule has 0 aliphatic rings. The third kappa shape index (κ3) is 6.10. The first kappa shape index (κ1) is 25.6. The highest BCUT2D eigenvalue weighted by atomic mass is 19.1. The molecule has 0 unspecified atom stereocenters. The van der Waals surface area contributed by atoms with Gasteiger partial charge in [0.05, 0.1) is 43.9 Å². The highest BCUT2D eigenvalue weighted by Crippen LogP contribution is 2.24. The van der Waals surface area contributed by atoms with E-state index in [4.69, 9.17) is 9.47 Å². The number of amides is 1. The van der Waals surface area contributed by atoms with Crippen LogP contribution in [0.15, 0.2) is 91.5 Å². The lowest BCUT2D eigenvalue weighted by Crippen LogP contribution is -2.23. The molecule has 0 atom stereocenters. The summed E-state index contributed by atoms with van der Waals surface area (Å²) in [6.45, 7) is 0.910. The molecule has 0 aliphatic heterocycles. The van der Waals surface area contributed by atoms with E-state index in [-0.39, 0.29) is 12.1 Å². The summed E-state index contributed by atoms with van der Waals surface area (Å²) in [6.07, 6.45) is 5.27. The highest BCUT2D eigenvalue weighted by Gasteiger charge is 2.13. The van der Waals surface area contributed by atoms with Crippen molar-refractivity contribution in [1.29, 1.82) is 0 Å². The minimum Gasteiger partial charge on any atom is -0.497 e. The Morgan fingerprint density at radius 2 is 1.59 bits per heavy atom. The van der Waals surface area contributed by atoms with Crippen LogP contribution in [0.3, 0.4) is 0 Å². The van der Waals surface area contributed by atoms with Gasteiger partial charge in [0.2, 0.25) is 0 Å². The SMILES string of the molecule is COc1ccc(Cn2cc(-c3cc(-c4ccc(CNC(=O)c5cc(F)ccc5OC)cc4)ncn3)cn2)cc1. The van der Waals surface area contributed by atoms with Gasteiger partial charge in [0.25, 0.3) is 5.91 Å². The van der Waals surface area contributed by atoms with Crippen molar-refractivity contribution in [2.45, 2.75) is 13.1 Å². The van der Waals surface area contributed by atoms with Crippen LogP contribution in [0.2, 0.25) is 0 Å². The van der Waals surface area contributed by atoms with Crippen LogP contribution in [0.25, 0.3) is 22.5 Å². The Hall–Kier alpha value is -5.05. The van der Waals surface area contributed by atoms with Gasteiger partial charge in [-0.05, 0) is 47.5 Å². The zero-order valence-corrected chi connectivity index (χ0v) is 21.5. The molecular formula is C30H26FN5O3. The molecule has 1 amide bonds. The first-order valence-electron chi connectivity index (χ1n) is 12.2. The van der Waals surface area contributed by atoms with Gasteiger partial charge in [-0.15, -0.1) is 0 Å². The van der Waals surface area contributed by atoms with Crippen molar-refractivity contribution < 1.29 is 18.7 Å². The van der Waals surface area contributed by atoms with Gasteiger partial charge in [0.1, 0.15) is 23.6 Å². The second kappa shape index (κ2) is 11.6. The second-order valence-corrected chi connectivity index (χ2v) is 8.79. The summed E-state index contributed by atoms with van der Waals surface area (Å²) in [7, 11) is 3.09. The maximum absolute atomic E-state index is 13.6. The van der Waals surface area contributed by atoms with Gasteiger partial charge in [-0.3, -0.25) is 9.48 Å². The Morgan fingerprint density at radius 3 is 2.31 bits per heavy atom. The average molecular weight is 524 g/mol. The topological polar surface area (TPSA) is 91.2 Å². The average Bonchev–Trinajstić information content (AvgIpc) is 3.45. The molecule has 0 spiro atoms. The number of hydrogen-bond donors (Lipinski definition) is 1. The van der Waals surface area contributed by atoms with Crippen molar-refractivity contribution in [3.8, 4) is 34.0 Å². The van der Waals surface area contributed by atoms with Crippen molar-refractivity contribution >= 4 is 5.91 Å². The molecule has 5 aromatic rings. The Kier molecular flexibility index (Phi) is 7.58. The minimum absolute atomic E-state index is 0.148. The monoisotopic (exact) mass is 523 g/mol. The van der Waals surface area contributed by atoms with E-state index in [0.717, 1.165) is 45.5 Å². The van der Waals surface area contributed by atoms with E-state index in [1.165, 1.54) is 25.6 Å². The van der Waals surface area contributed by atoms with Gasteiger partial charge in [-0.25, -0.2) is 14.4 Å². The summed E-state index contributed by atoms with van der Waals surface area (Å²) < 4.78 is 25.9. The van der Waals surface area contributed by atoms with Crippen LogP contribution < -0.4 is 14.8 Å². The summed E-state index contributed by atoms with van der Waals surface area (Å²) in [5.41, 5.74) is 5.47. The number of benzene rings is 3. The Labute approximate surface area is 225 Å². The molecule has 1 N–H and O–H groups in total. The number of methoxy groups -OCH3 is 2. The van der Waals surface area contributed by atoms with Gasteiger partial charge in [-0.2, -0.15) is 5.10 Å². The zero-order chi connectivity index (χ0) is 27.2. The van der Waals surface area contributed by atoms with E-state index in [0.29, 0.717) is 12.3 Å². The Bertz CT molecular complexity index is 1580. The lowest BCUT2D eigenvalue weighted by Gasteiger charge is -2.10. The van der Waals surface area contributed by atoms with E-state index >= 15 is 0 Å². The van der Waals surface area contributed by atoms with Crippen LogP contribution in [0.1, 0.15) is 21.5 Å². The van der Waals surface area contributed by atoms with Crippen LogP contribution in [-0.2, 0) is 13.1 Å². The summed E-state index contributed by atoms with van der Waals surface area (Å²) >= 11 is 0. The summed E-state index contributed by atoms with van der Waals surface area (Å²) in [5, 5.41) is 7.28. The van der Waals surface area contributed by atoms with Crippen LogP contribution in [0.5, 0.6) is 11.5 Å². The van der Waals surface area contributed by atoms with E-state index in [1.54, 1.807) is 13.3 Å². The minimum atomic E-state index is -0.501. The maximum Gasteiger partial charge on any atom is 0.255 e. The number of nitrogens with zero attached hydrogens (tertiary/aromatic N) is 4. The number of ether oxygens (including phenoxy) is 2. The smallest absolute Gasteiger partial charge is 0.255 e. The molecule has 0 aliphatic carbocycles. The summed E-state index contributed by atoms with van der Waals surface area (Å²) in [5.74, 6) is 0.216. The zero-order valence-electron chi connectivity index (χ0n) is 21.5. The third-order valence-electron chi connectivity index (χ3n) is 6.21. The standard InChI is InChI=1S/C30H26FN5O3/c1-38-25-10-5-21(6-11-25)17-36-18-23(16-35-36)28-14-27(33-19-34-28)22-7-3-20(4-8-22)15-32-30(37)26-13-24(31)9-12-29(26)39-2/h3-14,16,18-19H,15,17H2,1-2H3,(H,32,37). The Balaban J connectivity index is 1.24. The summed E-state index contributed by atoms with van der Waals surface area (Å²) in [6, 6.07) is 21.3. The van der Waals surface area contributed by atoms with Crippen LogP contribution in [0, 0.1) is 5.82 Å². The first-order valence-corrected chi connectivity index (χ1v) is 12.2. The second-order valence-electron chi connectivity index (χ2n) is 8.79. The lowest BCUT2D eigenvalue weighted by molar-refractivity contribution is 0.0947. The number of carbonyl (C=O) groups excluding carboxylic acids is 1. The fraction of sp³-hybridized carbons (Fsp3) is 0.133. The number of hydrogen-bond acceptors (Lipinski definition) is 6. The van der Waals surface area contributed by atoms with Crippen molar-refractivity contribution in [1.82, 2.24) is 25.1 Å². The predicted molar refractivity (Wildman–Crippen MR) is 145 cm³/mol. The first-order chi connectivity index (χ1) is 19.0. The number of rotatable bonds is 9. The maximum atomic E-state index is 13.6. The molecule has 2 aromatic heterocycles. The molecule has 3 aromatic carbocycles. The fourth-order valence-corrected chi connectivity index (χ4v) is 4.10. The van der Waals surface area contributed by atoms with Gasteiger partial charge in [-0.1, -0.05) is 36.4 Å². The molecule has 0 saturated heterocycles. The third-order valence-corrected chi connectivity index (χ3v) is 6.21. The van der Waals surface area contributed by atoms with Gasteiger partial charge >= 0.3 is 0 Å². The molecule has 5 rings (SSSR count). The molecule has 0 saturated carbocycles. The normalized spacial score (nSPS) is 10.7. The van der Waals surface area contributed by atoms with Crippen LogP contribution in [-0.4, -0.2) is 39.9 Å². The van der Waals surface area contributed by atoms with Gasteiger partial charge in [0, 0.05) is 23.9 Å².